The number of carbonyl (C=O) groups is 1. The second-order valence-corrected chi connectivity index (χ2v) is 6.18. The molecule has 0 radical (unpaired) electrons. The first-order valence-electron chi connectivity index (χ1n) is 8.44. The average Bonchev–Trinajstić information content (AvgIpc) is 3.20. The highest BCUT2D eigenvalue weighted by atomic mass is 16.5. The van der Waals surface area contributed by atoms with E-state index in [1.54, 1.807) is 30.2 Å². The lowest BCUT2D eigenvalue weighted by molar-refractivity contribution is 0.0677. The maximum Gasteiger partial charge on any atom is 0.273 e. The highest BCUT2D eigenvalue weighted by Crippen LogP contribution is 2.44. The molecule has 2 heterocycles. The number of phenolic OH excluding ortho intramolecular Hbond substituents is 1. The zero-order valence-corrected chi connectivity index (χ0v) is 14.3. The molecule has 26 heavy (non-hydrogen) atoms. The van der Waals surface area contributed by atoms with E-state index in [0.717, 1.165) is 11.1 Å². The summed E-state index contributed by atoms with van der Waals surface area (Å²) in [7, 11) is 1.62. The molecular weight excluding hydrogens is 330 g/mol. The minimum absolute atomic E-state index is 0.111. The predicted octanol–water partition coefficient (Wildman–Crippen LogP) is 2.97. The van der Waals surface area contributed by atoms with Gasteiger partial charge in [-0.05, 0) is 17.7 Å². The number of hydrogen-bond donors (Lipinski definition) is 2. The molecule has 3 aromatic rings. The predicted molar refractivity (Wildman–Crippen MR) is 96.9 cm³/mol. The Bertz CT molecular complexity index is 936. The van der Waals surface area contributed by atoms with E-state index in [0.29, 0.717) is 30.1 Å². The molecule has 0 fully saturated rings. The molecule has 0 saturated carbocycles. The zero-order chi connectivity index (χ0) is 18.1. The monoisotopic (exact) mass is 349 g/mol. The van der Waals surface area contributed by atoms with Crippen molar-refractivity contribution >= 4 is 5.91 Å². The Morgan fingerprint density at radius 3 is 2.62 bits per heavy atom. The van der Waals surface area contributed by atoms with Crippen molar-refractivity contribution in [2.45, 2.75) is 6.04 Å². The molecule has 1 aromatic heterocycles. The number of aromatic hydroxyl groups is 1. The molecule has 4 rings (SSSR count). The van der Waals surface area contributed by atoms with E-state index in [9.17, 15) is 9.90 Å². The van der Waals surface area contributed by atoms with Gasteiger partial charge in [-0.1, -0.05) is 42.5 Å². The molecule has 1 aliphatic rings. The quantitative estimate of drug-likeness (QED) is 0.742. The molecule has 2 aromatic carbocycles. The number of nitrogens with one attached hydrogen (secondary N) is 1. The lowest BCUT2D eigenvalue weighted by atomic mass is 9.96. The molecule has 0 aliphatic carbocycles. The number of phenols is 1. The first-order valence-corrected chi connectivity index (χ1v) is 8.44. The fourth-order valence-corrected chi connectivity index (χ4v) is 3.48. The van der Waals surface area contributed by atoms with Crippen molar-refractivity contribution in [2.24, 2.45) is 0 Å². The molecular formula is C20H19N3O3. The van der Waals surface area contributed by atoms with Crippen LogP contribution in [-0.2, 0) is 4.74 Å². The molecule has 2 N–H and O–H groups in total. The minimum atomic E-state index is -0.276. The maximum atomic E-state index is 13.0. The highest BCUT2D eigenvalue weighted by Gasteiger charge is 2.42. The Labute approximate surface area is 151 Å². The first-order chi connectivity index (χ1) is 12.7. The number of aromatic amines is 1. The second kappa shape index (κ2) is 6.65. The van der Waals surface area contributed by atoms with E-state index in [2.05, 4.69) is 10.2 Å². The highest BCUT2D eigenvalue weighted by molar-refractivity contribution is 6.00. The van der Waals surface area contributed by atoms with Crippen LogP contribution in [0.5, 0.6) is 5.75 Å². The summed E-state index contributed by atoms with van der Waals surface area (Å²) in [5, 5.41) is 17.5. The average molecular weight is 349 g/mol. The summed E-state index contributed by atoms with van der Waals surface area (Å²) in [6.45, 7) is 0.913. The van der Waals surface area contributed by atoms with Crippen molar-refractivity contribution in [3.63, 3.8) is 0 Å². The van der Waals surface area contributed by atoms with Gasteiger partial charge in [0.1, 0.15) is 17.1 Å². The Hall–Kier alpha value is -3.12. The number of amides is 1. The van der Waals surface area contributed by atoms with Gasteiger partial charge in [0.2, 0.25) is 0 Å². The number of fused-ring (bicyclic) bond motifs is 1. The van der Waals surface area contributed by atoms with Gasteiger partial charge in [0, 0.05) is 24.8 Å². The van der Waals surface area contributed by atoms with E-state index in [1.165, 1.54) is 0 Å². The van der Waals surface area contributed by atoms with Gasteiger partial charge in [-0.3, -0.25) is 9.89 Å². The molecule has 6 nitrogen and oxygen atoms in total. The fourth-order valence-electron chi connectivity index (χ4n) is 3.48. The molecule has 1 amide bonds. The smallest absolute Gasteiger partial charge is 0.273 e. The van der Waals surface area contributed by atoms with Gasteiger partial charge >= 0.3 is 0 Å². The summed E-state index contributed by atoms with van der Waals surface area (Å²) in [4.78, 5) is 14.7. The Balaban J connectivity index is 1.88. The zero-order valence-electron chi connectivity index (χ0n) is 14.3. The van der Waals surface area contributed by atoms with Gasteiger partial charge in [-0.2, -0.15) is 5.10 Å². The van der Waals surface area contributed by atoms with Gasteiger partial charge in [0.25, 0.3) is 5.91 Å². The third-order valence-corrected chi connectivity index (χ3v) is 4.67. The topological polar surface area (TPSA) is 78.5 Å². The summed E-state index contributed by atoms with van der Waals surface area (Å²) >= 11 is 0. The van der Waals surface area contributed by atoms with Crippen LogP contribution in [0, 0.1) is 0 Å². The number of carbonyl (C=O) groups excluding carboxylic acids is 1. The fraction of sp³-hybridized carbons (Fsp3) is 0.200. The summed E-state index contributed by atoms with van der Waals surface area (Å²) < 4.78 is 5.19. The Morgan fingerprint density at radius 1 is 1.15 bits per heavy atom. The number of para-hydroxylation sites is 1. The van der Waals surface area contributed by atoms with Crippen molar-refractivity contribution in [2.75, 3.05) is 20.3 Å². The SMILES string of the molecule is COCCN1C(=O)c2[nH]nc(-c3ccccc3O)c2[C@H]1c1ccccc1. The van der Waals surface area contributed by atoms with Crippen LogP contribution in [-0.4, -0.2) is 46.4 Å². The third kappa shape index (κ3) is 2.55. The van der Waals surface area contributed by atoms with E-state index in [-0.39, 0.29) is 17.7 Å². The van der Waals surface area contributed by atoms with Crippen LogP contribution in [0.15, 0.2) is 54.6 Å². The molecule has 0 saturated heterocycles. The Morgan fingerprint density at radius 2 is 1.88 bits per heavy atom. The van der Waals surface area contributed by atoms with E-state index < -0.39 is 0 Å². The maximum absolute atomic E-state index is 13.0. The minimum Gasteiger partial charge on any atom is -0.507 e. The van der Waals surface area contributed by atoms with Crippen LogP contribution in [0.1, 0.15) is 27.7 Å². The Kier molecular flexibility index (Phi) is 4.18. The number of nitrogens with zero attached hydrogens (tertiary/aromatic N) is 2. The van der Waals surface area contributed by atoms with E-state index >= 15 is 0 Å². The number of ether oxygens (including phenoxy) is 1. The number of H-pyrrole nitrogens is 1. The van der Waals surface area contributed by atoms with Crippen LogP contribution in [0.4, 0.5) is 0 Å². The number of methoxy groups -OCH3 is 1. The number of benzene rings is 2. The summed E-state index contributed by atoms with van der Waals surface area (Å²) in [6.07, 6.45) is 0. The lowest BCUT2D eigenvalue weighted by Gasteiger charge is -2.26. The van der Waals surface area contributed by atoms with Crippen molar-refractivity contribution in [3.05, 3.63) is 71.4 Å². The number of rotatable bonds is 5. The van der Waals surface area contributed by atoms with Crippen molar-refractivity contribution in [1.82, 2.24) is 15.1 Å². The summed E-state index contributed by atoms with van der Waals surface area (Å²) in [5.41, 5.74) is 3.45. The molecule has 1 aliphatic heterocycles. The van der Waals surface area contributed by atoms with Gasteiger partial charge in [-0.25, -0.2) is 0 Å². The number of aromatic nitrogens is 2. The van der Waals surface area contributed by atoms with Gasteiger partial charge in [-0.15, -0.1) is 0 Å². The second-order valence-electron chi connectivity index (χ2n) is 6.18. The van der Waals surface area contributed by atoms with Crippen molar-refractivity contribution in [3.8, 4) is 17.0 Å². The van der Waals surface area contributed by atoms with Crippen LogP contribution >= 0.6 is 0 Å². The molecule has 0 spiro atoms. The van der Waals surface area contributed by atoms with Crippen LogP contribution < -0.4 is 0 Å². The van der Waals surface area contributed by atoms with Gasteiger partial charge in [0.05, 0.1) is 12.6 Å². The van der Waals surface area contributed by atoms with Gasteiger partial charge < -0.3 is 14.7 Å². The summed E-state index contributed by atoms with van der Waals surface area (Å²) in [5.74, 6) is 0.0245. The molecule has 132 valence electrons. The molecule has 0 unspecified atom stereocenters. The molecule has 0 bridgehead atoms. The van der Waals surface area contributed by atoms with Crippen LogP contribution in [0.3, 0.4) is 0 Å². The largest absolute Gasteiger partial charge is 0.507 e. The van der Waals surface area contributed by atoms with Gasteiger partial charge in [0.15, 0.2) is 0 Å². The lowest BCUT2D eigenvalue weighted by Crippen LogP contribution is -2.32. The van der Waals surface area contributed by atoms with Crippen molar-refractivity contribution < 1.29 is 14.6 Å². The van der Waals surface area contributed by atoms with Crippen LogP contribution in [0.2, 0.25) is 0 Å². The normalized spacial score (nSPS) is 16.1. The van der Waals surface area contributed by atoms with Crippen molar-refractivity contribution in [1.29, 1.82) is 0 Å². The first kappa shape index (κ1) is 16.4. The molecule has 1 atom stereocenters. The van der Waals surface area contributed by atoms with Crippen LogP contribution in [0.25, 0.3) is 11.3 Å². The molecule has 6 heteroatoms. The van der Waals surface area contributed by atoms with E-state index in [4.69, 9.17) is 4.74 Å². The third-order valence-electron chi connectivity index (χ3n) is 4.67. The van der Waals surface area contributed by atoms with E-state index in [1.807, 2.05) is 36.4 Å². The summed E-state index contributed by atoms with van der Waals surface area (Å²) in [6, 6.07) is 16.6. The standard InChI is InChI=1S/C20H19N3O3/c1-26-12-11-23-19(13-7-3-2-4-8-13)16-17(21-22-18(16)20(23)25)14-9-5-6-10-15(14)24/h2-10,19,24H,11-12H2,1H3,(H,21,22)/t19-/m1/s1. The number of hydrogen-bond acceptors (Lipinski definition) is 4.